The van der Waals surface area contributed by atoms with Gasteiger partial charge in [0, 0.05) is 24.7 Å². The van der Waals surface area contributed by atoms with Gasteiger partial charge in [0.15, 0.2) is 0 Å². The van der Waals surface area contributed by atoms with Gasteiger partial charge in [-0.05, 0) is 24.3 Å². The lowest BCUT2D eigenvalue weighted by Crippen LogP contribution is -2.36. The van der Waals surface area contributed by atoms with E-state index in [1.807, 2.05) is 35.7 Å². The Morgan fingerprint density at radius 2 is 2.07 bits per heavy atom. The minimum absolute atomic E-state index is 0.139. The van der Waals surface area contributed by atoms with Crippen molar-refractivity contribution in [1.82, 2.24) is 15.0 Å². The predicted molar refractivity (Wildman–Crippen MR) is 105 cm³/mol. The Morgan fingerprint density at radius 3 is 2.81 bits per heavy atom. The largest absolute Gasteiger partial charge is 0.378 e. The summed E-state index contributed by atoms with van der Waals surface area (Å²) in [6.45, 7) is 3.17. The Balaban J connectivity index is 1.35. The molecular weight excluding hydrogens is 362 g/mol. The Labute approximate surface area is 161 Å². The van der Waals surface area contributed by atoms with Crippen molar-refractivity contribution in [3.8, 4) is 10.7 Å². The monoisotopic (exact) mass is 381 g/mol. The van der Waals surface area contributed by atoms with Gasteiger partial charge in [0.05, 0.1) is 42.9 Å². The number of thiazole rings is 1. The molecule has 0 unspecified atom stereocenters. The molecular formula is C19H19N5O2S. The van der Waals surface area contributed by atoms with E-state index in [-0.39, 0.29) is 12.3 Å². The van der Waals surface area contributed by atoms with E-state index in [9.17, 15) is 4.79 Å². The average molecular weight is 381 g/mol. The molecule has 7 nitrogen and oxygen atoms in total. The Bertz CT molecular complexity index is 892. The van der Waals surface area contributed by atoms with Crippen LogP contribution in [0.25, 0.3) is 10.7 Å². The summed E-state index contributed by atoms with van der Waals surface area (Å²) in [7, 11) is 0. The second-order valence-corrected chi connectivity index (χ2v) is 6.94. The number of hydrogen-bond acceptors (Lipinski definition) is 7. The molecule has 1 amide bonds. The lowest BCUT2D eigenvalue weighted by Gasteiger charge is -2.28. The van der Waals surface area contributed by atoms with Crippen molar-refractivity contribution in [2.24, 2.45) is 0 Å². The molecule has 0 saturated carbocycles. The van der Waals surface area contributed by atoms with E-state index in [2.05, 4.69) is 25.2 Å². The van der Waals surface area contributed by atoms with Crippen LogP contribution in [0.2, 0.25) is 0 Å². The summed E-state index contributed by atoms with van der Waals surface area (Å²) in [5.41, 5.74) is 2.58. The number of ether oxygens (including phenoxy) is 1. The zero-order valence-corrected chi connectivity index (χ0v) is 15.5. The fraction of sp³-hybridized carbons (Fsp3) is 0.263. The van der Waals surface area contributed by atoms with Crippen LogP contribution in [0.1, 0.15) is 5.69 Å². The molecule has 0 atom stereocenters. The number of morpholine rings is 1. The summed E-state index contributed by atoms with van der Waals surface area (Å²) in [5.74, 6) is 0.400. The van der Waals surface area contributed by atoms with E-state index in [0.717, 1.165) is 48.4 Å². The van der Waals surface area contributed by atoms with Crippen LogP contribution in [0, 0.1) is 0 Å². The first-order valence-corrected chi connectivity index (χ1v) is 9.60. The van der Waals surface area contributed by atoms with Gasteiger partial charge in [0.25, 0.3) is 0 Å². The molecule has 27 heavy (non-hydrogen) atoms. The van der Waals surface area contributed by atoms with Crippen molar-refractivity contribution in [3.05, 3.63) is 53.8 Å². The Hall–Kier alpha value is -2.84. The molecule has 8 heteroatoms. The molecule has 1 saturated heterocycles. The number of pyridine rings is 2. The Kier molecular flexibility index (Phi) is 5.36. The maximum Gasteiger partial charge on any atom is 0.231 e. The molecule has 1 N–H and O–H groups in total. The summed E-state index contributed by atoms with van der Waals surface area (Å²) in [6, 6.07) is 9.48. The van der Waals surface area contributed by atoms with Crippen molar-refractivity contribution in [1.29, 1.82) is 0 Å². The molecule has 0 spiro atoms. The van der Waals surface area contributed by atoms with Crippen molar-refractivity contribution in [3.63, 3.8) is 0 Å². The molecule has 0 bridgehead atoms. The van der Waals surface area contributed by atoms with E-state index in [0.29, 0.717) is 5.82 Å². The van der Waals surface area contributed by atoms with Crippen LogP contribution in [-0.4, -0.2) is 47.2 Å². The van der Waals surface area contributed by atoms with Crippen molar-refractivity contribution < 1.29 is 9.53 Å². The molecule has 138 valence electrons. The maximum atomic E-state index is 12.3. The van der Waals surface area contributed by atoms with Crippen LogP contribution < -0.4 is 10.2 Å². The van der Waals surface area contributed by atoms with Crippen molar-refractivity contribution in [2.45, 2.75) is 6.42 Å². The molecule has 0 radical (unpaired) electrons. The maximum absolute atomic E-state index is 12.3. The van der Waals surface area contributed by atoms with Gasteiger partial charge in [-0.1, -0.05) is 6.07 Å². The van der Waals surface area contributed by atoms with E-state index >= 15 is 0 Å². The first-order chi connectivity index (χ1) is 13.3. The first-order valence-electron chi connectivity index (χ1n) is 8.72. The number of carbonyl (C=O) groups is 1. The topological polar surface area (TPSA) is 80.2 Å². The lowest BCUT2D eigenvalue weighted by molar-refractivity contribution is -0.115. The SMILES string of the molecule is O=C(Cc1csc(-c2ccccn2)n1)Nc1ccc(N2CCOCC2)cn1. The van der Waals surface area contributed by atoms with Crippen LogP contribution in [0.4, 0.5) is 11.5 Å². The van der Waals surface area contributed by atoms with Crippen molar-refractivity contribution >= 4 is 28.7 Å². The smallest absolute Gasteiger partial charge is 0.231 e. The van der Waals surface area contributed by atoms with Gasteiger partial charge in [0.1, 0.15) is 10.8 Å². The highest BCUT2D eigenvalue weighted by molar-refractivity contribution is 7.13. The van der Waals surface area contributed by atoms with Crippen LogP contribution in [0.3, 0.4) is 0 Å². The minimum atomic E-state index is -0.139. The Morgan fingerprint density at radius 1 is 1.19 bits per heavy atom. The molecule has 0 aliphatic carbocycles. The highest BCUT2D eigenvalue weighted by Gasteiger charge is 2.13. The number of carbonyl (C=O) groups excluding carboxylic acids is 1. The number of nitrogens with one attached hydrogen (secondary N) is 1. The summed E-state index contributed by atoms with van der Waals surface area (Å²) in [5, 5.41) is 5.52. The van der Waals surface area contributed by atoms with E-state index in [1.165, 1.54) is 11.3 Å². The van der Waals surface area contributed by atoms with E-state index in [4.69, 9.17) is 4.74 Å². The zero-order chi connectivity index (χ0) is 18.5. The van der Waals surface area contributed by atoms with Gasteiger partial charge in [-0.2, -0.15) is 0 Å². The number of anilines is 2. The van der Waals surface area contributed by atoms with Crippen LogP contribution >= 0.6 is 11.3 Å². The normalized spacial score (nSPS) is 14.1. The lowest BCUT2D eigenvalue weighted by atomic mass is 10.3. The summed E-state index contributed by atoms with van der Waals surface area (Å²) >= 11 is 1.48. The zero-order valence-electron chi connectivity index (χ0n) is 14.7. The fourth-order valence-corrected chi connectivity index (χ4v) is 3.61. The molecule has 1 fully saturated rings. The molecule has 1 aliphatic rings. The summed E-state index contributed by atoms with van der Waals surface area (Å²) < 4.78 is 5.36. The predicted octanol–water partition coefficient (Wildman–Crippen LogP) is 2.62. The number of aromatic nitrogens is 3. The van der Waals surface area contributed by atoms with Gasteiger partial charge < -0.3 is 15.0 Å². The average Bonchev–Trinajstić information content (AvgIpc) is 3.18. The number of amides is 1. The second-order valence-electron chi connectivity index (χ2n) is 6.08. The van der Waals surface area contributed by atoms with Gasteiger partial charge in [0.2, 0.25) is 5.91 Å². The third kappa shape index (κ3) is 4.47. The second kappa shape index (κ2) is 8.24. The summed E-state index contributed by atoms with van der Waals surface area (Å²) in [6.07, 6.45) is 3.72. The molecule has 3 aromatic rings. The quantitative estimate of drug-likeness (QED) is 0.732. The number of rotatable bonds is 5. The third-order valence-corrected chi connectivity index (χ3v) is 5.08. The van der Waals surface area contributed by atoms with Crippen LogP contribution in [0.15, 0.2) is 48.1 Å². The van der Waals surface area contributed by atoms with Crippen LogP contribution in [-0.2, 0) is 16.0 Å². The van der Waals surface area contributed by atoms with Crippen LogP contribution in [0.5, 0.6) is 0 Å². The molecule has 4 heterocycles. The number of nitrogens with zero attached hydrogens (tertiary/aromatic N) is 4. The highest BCUT2D eigenvalue weighted by Crippen LogP contribution is 2.22. The van der Waals surface area contributed by atoms with E-state index in [1.54, 1.807) is 12.4 Å². The van der Waals surface area contributed by atoms with E-state index < -0.39 is 0 Å². The molecule has 0 aromatic carbocycles. The minimum Gasteiger partial charge on any atom is -0.378 e. The third-order valence-electron chi connectivity index (χ3n) is 4.17. The first kappa shape index (κ1) is 17.6. The van der Waals surface area contributed by atoms with Gasteiger partial charge in [-0.15, -0.1) is 11.3 Å². The van der Waals surface area contributed by atoms with Gasteiger partial charge >= 0.3 is 0 Å². The molecule has 4 rings (SSSR count). The molecule has 3 aromatic heterocycles. The summed E-state index contributed by atoms with van der Waals surface area (Å²) in [4.78, 5) is 27.6. The number of hydrogen-bond donors (Lipinski definition) is 1. The molecule has 1 aliphatic heterocycles. The highest BCUT2D eigenvalue weighted by atomic mass is 32.1. The fourth-order valence-electron chi connectivity index (χ4n) is 2.82. The van der Waals surface area contributed by atoms with Gasteiger partial charge in [-0.3, -0.25) is 9.78 Å². The van der Waals surface area contributed by atoms with Gasteiger partial charge in [-0.25, -0.2) is 9.97 Å². The van der Waals surface area contributed by atoms with Crippen molar-refractivity contribution in [2.75, 3.05) is 36.5 Å². The standard InChI is InChI=1S/C19H19N5O2S/c25-18(11-14-13-27-19(22-14)16-3-1-2-6-20-16)23-17-5-4-15(12-21-17)24-7-9-26-10-8-24/h1-6,12-13H,7-11H2,(H,21,23,25).